The first-order valence-corrected chi connectivity index (χ1v) is 13.7. The zero-order valence-corrected chi connectivity index (χ0v) is 21.9. The van der Waals surface area contributed by atoms with Crippen LogP contribution in [0.15, 0.2) is 54.6 Å². The molecule has 0 aromatic heterocycles. The second kappa shape index (κ2) is 9.71. The Balaban J connectivity index is 1.60. The second-order valence-electron chi connectivity index (χ2n) is 10.8. The van der Waals surface area contributed by atoms with Gasteiger partial charge in [-0.05, 0) is 17.9 Å². The average molecular weight is 510 g/mol. The Morgan fingerprint density at radius 1 is 1.06 bits per heavy atom. The zero-order chi connectivity index (χ0) is 25.6. The standard InChI is InChI=1S/C28H35N3O4S/c1-18(2)15-20(17-32)31-24-27(35)30(16-19-9-5-4-6-10-19)14-8-12-28(24)23(26(31)34)22-21(36-28)11-7-13-29(3)25(22)33/h4-12,18,20-24,32H,13-17H2,1-3H3/t20-,21-,22+,23+,24?,28+/m1/s1. The molecule has 0 aliphatic carbocycles. The molecule has 6 atom stereocenters. The Hall–Kier alpha value is -2.58. The van der Waals surface area contributed by atoms with E-state index in [2.05, 4.69) is 13.8 Å². The minimum absolute atomic E-state index is 0.0519. The molecular weight excluding hydrogens is 474 g/mol. The number of aliphatic hydroxyl groups excluding tert-OH is 1. The van der Waals surface area contributed by atoms with Gasteiger partial charge in [0.15, 0.2) is 0 Å². The zero-order valence-electron chi connectivity index (χ0n) is 21.1. The van der Waals surface area contributed by atoms with Crippen LogP contribution in [0.5, 0.6) is 0 Å². The molecule has 1 aromatic carbocycles. The van der Waals surface area contributed by atoms with Gasteiger partial charge in [-0.15, -0.1) is 11.8 Å². The van der Waals surface area contributed by atoms with Crippen molar-refractivity contribution in [2.45, 2.75) is 48.9 Å². The number of benzene rings is 1. The highest BCUT2D eigenvalue weighted by Gasteiger charge is 2.71. The number of likely N-dealkylation sites (N-methyl/N-ethyl adjacent to an activating group) is 1. The van der Waals surface area contributed by atoms with E-state index >= 15 is 0 Å². The number of carbonyl (C=O) groups excluding carboxylic acids is 3. The van der Waals surface area contributed by atoms with Crippen LogP contribution < -0.4 is 0 Å². The first kappa shape index (κ1) is 25.1. The van der Waals surface area contributed by atoms with Gasteiger partial charge < -0.3 is 19.8 Å². The van der Waals surface area contributed by atoms with Crippen molar-refractivity contribution in [2.24, 2.45) is 17.8 Å². The van der Waals surface area contributed by atoms with Crippen molar-refractivity contribution in [3.8, 4) is 0 Å². The fourth-order valence-electron chi connectivity index (χ4n) is 6.41. The van der Waals surface area contributed by atoms with Crippen molar-refractivity contribution in [2.75, 3.05) is 26.7 Å². The van der Waals surface area contributed by atoms with Gasteiger partial charge in [-0.1, -0.05) is 68.5 Å². The van der Waals surface area contributed by atoms with Crippen LogP contribution in [-0.2, 0) is 20.9 Å². The van der Waals surface area contributed by atoms with E-state index in [1.165, 1.54) is 0 Å². The molecule has 2 saturated heterocycles. The van der Waals surface area contributed by atoms with Crippen molar-refractivity contribution in [1.29, 1.82) is 0 Å². The first-order chi connectivity index (χ1) is 17.3. The number of likely N-dealkylation sites (tertiary alicyclic amines) is 1. The smallest absolute Gasteiger partial charge is 0.247 e. The number of thioether (sulfide) groups is 1. The molecule has 1 unspecified atom stereocenters. The number of aliphatic hydroxyl groups is 1. The number of fused-ring (bicyclic) bond motifs is 2. The van der Waals surface area contributed by atoms with Crippen LogP contribution in [-0.4, -0.2) is 86.4 Å². The van der Waals surface area contributed by atoms with E-state index in [-0.39, 0.29) is 35.5 Å². The minimum atomic E-state index is -0.850. The Labute approximate surface area is 217 Å². The summed E-state index contributed by atoms with van der Waals surface area (Å²) in [5.41, 5.74) is 1.02. The Bertz CT molecular complexity index is 1090. The van der Waals surface area contributed by atoms with Gasteiger partial charge in [-0.25, -0.2) is 0 Å². The third-order valence-electron chi connectivity index (χ3n) is 7.95. The summed E-state index contributed by atoms with van der Waals surface area (Å²) in [6, 6.07) is 8.60. The molecule has 1 spiro atoms. The summed E-state index contributed by atoms with van der Waals surface area (Å²) < 4.78 is -0.850. The maximum Gasteiger partial charge on any atom is 0.247 e. The molecule has 0 saturated carbocycles. The lowest BCUT2D eigenvalue weighted by Crippen LogP contribution is -2.56. The van der Waals surface area contributed by atoms with Crippen molar-refractivity contribution in [1.82, 2.24) is 14.7 Å². The fourth-order valence-corrected chi connectivity index (χ4v) is 8.40. The maximum atomic E-state index is 14.3. The Kier molecular flexibility index (Phi) is 6.76. The van der Waals surface area contributed by atoms with Crippen LogP contribution in [0.1, 0.15) is 25.8 Å². The van der Waals surface area contributed by atoms with Crippen LogP contribution in [0.2, 0.25) is 0 Å². The van der Waals surface area contributed by atoms with Gasteiger partial charge in [0.05, 0.1) is 29.2 Å². The molecule has 3 amide bonds. The Morgan fingerprint density at radius 3 is 2.50 bits per heavy atom. The quantitative estimate of drug-likeness (QED) is 0.596. The third-order valence-corrected chi connectivity index (χ3v) is 9.69. The summed E-state index contributed by atoms with van der Waals surface area (Å²) >= 11 is 1.58. The lowest BCUT2D eigenvalue weighted by molar-refractivity contribution is -0.147. The molecule has 4 heterocycles. The number of amides is 3. The topological polar surface area (TPSA) is 81.2 Å². The van der Waals surface area contributed by atoms with Crippen LogP contribution >= 0.6 is 11.8 Å². The molecule has 4 aliphatic rings. The lowest BCUT2D eigenvalue weighted by Gasteiger charge is -2.39. The molecular formula is C28H35N3O4S. The summed E-state index contributed by atoms with van der Waals surface area (Å²) in [6.45, 7) is 5.28. The van der Waals surface area contributed by atoms with Gasteiger partial charge in [0.1, 0.15) is 6.04 Å². The highest BCUT2D eigenvalue weighted by atomic mass is 32.2. The monoisotopic (exact) mass is 509 g/mol. The molecule has 2 fully saturated rings. The molecule has 8 heteroatoms. The molecule has 36 heavy (non-hydrogen) atoms. The number of carbonyl (C=O) groups is 3. The number of hydrogen-bond donors (Lipinski definition) is 1. The highest BCUT2D eigenvalue weighted by Crippen LogP contribution is 2.61. The van der Waals surface area contributed by atoms with E-state index in [9.17, 15) is 19.5 Å². The maximum absolute atomic E-state index is 14.3. The average Bonchev–Trinajstić information content (AvgIpc) is 3.19. The van der Waals surface area contributed by atoms with Gasteiger partial charge in [-0.3, -0.25) is 14.4 Å². The first-order valence-electron chi connectivity index (χ1n) is 12.8. The summed E-state index contributed by atoms with van der Waals surface area (Å²) in [6.07, 6.45) is 8.65. The molecule has 0 bridgehead atoms. The lowest BCUT2D eigenvalue weighted by atomic mass is 9.78. The second-order valence-corrected chi connectivity index (χ2v) is 12.3. The Morgan fingerprint density at radius 2 is 1.81 bits per heavy atom. The molecule has 192 valence electrons. The molecule has 5 rings (SSSR count). The predicted octanol–water partition coefficient (Wildman–Crippen LogP) is 2.32. The minimum Gasteiger partial charge on any atom is -0.394 e. The van der Waals surface area contributed by atoms with Gasteiger partial charge in [-0.2, -0.15) is 0 Å². The normalized spacial score (nSPS) is 32.5. The summed E-state index contributed by atoms with van der Waals surface area (Å²) in [5.74, 6) is -1.29. The summed E-state index contributed by atoms with van der Waals surface area (Å²) in [7, 11) is 1.77. The SMILES string of the molecule is CC(C)C[C@H](CO)N1C(=O)[C@@H]2[C@H]3C(=O)N(C)CC=C[C@H]3S[C@@]23C=CCN(Cc2ccccc2)C(=O)C13. The third kappa shape index (κ3) is 3.98. The van der Waals surface area contributed by atoms with E-state index in [1.807, 2.05) is 54.6 Å². The molecule has 4 aliphatic heterocycles. The van der Waals surface area contributed by atoms with E-state index in [0.29, 0.717) is 26.1 Å². The van der Waals surface area contributed by atoms with E-state index in [0.717, 1.165) is 5.56 Å². The number of hydrogen-bond acceptors (Lipinski definition) is 5. The van der Waals surface area contributed by atoms with Gasteiger partial charge >= 0.3 is 0 Å². The largest absolute Gasteiger partial charge is 0.394 e. The molecule has 1 N–H and O–H groups in total. The van der Waals surface area contributed by atoms with Crippen LogP contribution in [0, 0.1) is 17.8 Å². The van der Waals surface area contributed by atoms with E-state index in [1.54, 1.807) is 33.5 Å². The van der Waals surface area contributed by atoms with Crippen molar-refractivity contribution < 1.29 is 19.5 Å². The molecule has 0 radical (unpaired) electrons. The van der Waals surface area contributed by atoms with Crippen molar-refractivity contribution in [3.05, 3.63) is 60.2 Å². The fraction of sp³-hybridized carbons (Fsp3) is 0.536. The van der Waals surface area contributed by atoms with Gasteiger partial charge in [0.2, 0.25) is 17.7 Å². The van der Waals surface area contributed by atoms with Gasteiger partial charge in [0.25, 0.3) is 0 Å². The summed E-state index contributed by atoms with van der Waals surface area (Å²) in [4.78, 5) is 47.3. The van der Waals surface area contributed by atoms with Crippen molar-refractivity contribution in [3.63, 3.8) is 0 Å². The number of rotatable bonds is 6. The van der Waals surface area contributed by atoms with E-state index in [4.69, 9.17) is 0 Å². The van der Waals surface area contributed by atoms with Crippen LogP contribution in [0.3, 0.4) is 0 Å². The van der Waals surface area contributed by atoms with Crippen LogP contribution in [0.25, 0.3) is 0 Å². The summed E-state index contributed by atoms with van der Waals surface area (Å²) in [5, 5.41) is 10.2. The predicted molar refractivity (Wildman–Crippen MR) is 140 cm³/mol. The highest BCUT2D eigenvalue weighted by molar-refractivity contribution is 8.02. The van der Waals surface area contributed by atoms with Crippen LogP contribution in [0.4, 0.5) is 0 Å². The molecule has 7 nitrogen and oxygen atoms in total. The van der Waals surface area contributed by atoms with Gasteiger partial charge in [0, 0.05) is 31.9 Å². The van der Waals surface area contributed by atoms with E-state index < -0.39 is 28.7 Å². The van der Waals surface area contributed by atoms with Crippen molar-refractivity contribution >= 4 is 29.5 Å². The molecule has 1 aromatic rings. The number of nitrogens with zero attached hydrogens (tertiary/aromatic N) is 3.